The highest BCUT2D eigenvalue weighted by Gasteiger charge is 1.80. The van der Waals surface area contributed by atoms with Crippen molar-refractivity contribution in [2.75, 3.05) is 4.34 Å². The SMILES string of the molecule is BrNc1[c]cccc1. The van der Waals surface area contributed by atoms with Crippen molar-refractivity contribution >= 4 is 21.8 Å². The van der Waals surface area contributed by atoms with Crippen molar-refractivity contribution in [2.45, 2.75) is 0 Å². The molecule has 0 heterocycles. The quantitative estimate of drug-likeness (QED) is 0.638. The molecule has 0 bridgehead atoms. The zero-order valence-corrected chi connectivity index (χ0v) is 5.77. The van der Waals surface area contributed by atoms with E-state index in [4.69, 9.17) is 0 Å². The molecule has 1 aromatic carbocycles. The van der Waals surface area contributed by atoms with Gasteiger partial charge in [-0.1, -0.05) is 18.2 Å². The van der Waals surface area contributed by atoms with Crippen LogP contribution in [0.5, 0.6) is 0 Å². The average Bonchev–Trinajstić information content (AvgIpc) is 1.90. The Labute approximate surface area is 57.1 Å². The Morgan fingerprint density at radius 3 is 2.75 bits per heavy atom. The standard InChI is InChI=1S/C6H5BrN/c7-8-6-4-2-1-3-5-6/h1-4,8H. The summed E-state index contributed by atoms with van der Waals surface area (Å²) >= 11 is 3.08. The molecule has 0 unspecified atom stereocenters. The molecule has 0 spiro atoms. The molecular formula is C6H5BrN. The first-order chi connectivity index (χ1) is 3.93. The van der Waals surface area contributed by atoms with E-state index in [1.807, 2.05) is 24.3 Å². The van der Waals surface area contributed by atoms with Crippen LogP contribution in [0.3, 0.4) is 0 Å². The molecule has 0 atom stereocenters. The maximum absolute atomic E-state index is 3.08. The summed E-state index contributed by atoms with van der Waals surface area (Å²) in [7, 11) is 0. The van der Waals surface area contributed by atoms with Crippen molar-refractivity contribution < 1.29 is 0 Å². The fourth-order valence-corrected chi connectivity index (χ4v) is 0.699. The minimum Gasteiger partial charge on any atom is -0.322 e. The van der Waals surface area contributed by atoms with Crippen LogP contribution in [-0.4, -0.2) is 0 Å². The highest BCUT2D eigenvalue weighted by atomic mass is 79.9. The Bertz CT molecular complexity index is 150. The lowest BCUT2D eigenvalue weighted by molar-refractivity contribution is 1.68. The number of halogens is 1. The molecule has 0 aliphatic rings. The van der Waals surface area contributed by atoms with E-state index < -0.39 is 0 Å². The molecule has 0 saturated heterocycles. The van der Waals surface area contributed by atoms with Crippen LogP contribution in [0.4, 0.5) is 5.69 Å². The summed E-state index contributed by atoms with van der Waals surface area (Å²) in [6.45, 7) is 0. The average molecular weight is 171 g/mol. The van der Waals surface area contributed by atoms with Gasteiger partial charge < -0.3 is 4.34 Å². The smallest absolute Gasteiger partial charge is 0.0520 e. The molecule has 1 aromatic rings. The molecule has 0 aromatic heterocycles. The van der Waals surface area contributed by atoms with E-state index in [1.165, 1.54) is 0 Å². The minimum atomic E-state index is 0.951. The fourth-order valence-electron chi connectivity index (χ4n) is 0.452. The Morgan fingerprint density at radius 2 is 2.38 bits per heavy atom. The van der Waals surface area contributed by atoms with Gasteiger partial charge in [0.25, 0.3) is 0 Å². The molecule has 2 heteroatoms. The molecule has 0 saturated carbocycles. The van der Waals surface area contributed by atoms with E-state index in [-0.39, 0.29) is 0 Å². The third-order valence-electron chi connectivity index (χ3n) is 0.811. The fraction of sp³-hybridized carbons (Fsp3) is 0. The predicted molar refractivity (Wildman–Crippen MR) is 37.8 cm³/mol. The Balaban J connectivity index is 2.83. The van der Waals surface area contributed by atoms with Crippen molar-refractivity contribution in [3.8, 4) is 0 Å². The van der Waals surface area contributed by atoms with Gasteiger partial charge in [-0.05, 0) is 6.07 Å². The van der Waals surface area contributed by atoms with Gasteiger partial charge in [-0.15, -0.1) is 0 Å². The summed E-state index contributed by atoms with van der Waals surface area (Å²) in [6, 6.07) is 10.6. The Hall–Kier alpha value is -0.500. The Kier molecular flexibility index (Phi) is 1.92. The molecule has 1 rings (SSSR count). The Morgan fingerprint density at radius 1 is 1.50 bits per heavy atom. The van der Waals surface area contributed by atoms with Gasteiger partial charge in [-0.25, -0.2) is 0 Å². The predicted octanol–water partition coefficient (Wildman–Crippen LogP) is 2.21. The topological polar surface area (TPSA) is 12.0 Å². The number of para-hydroxylation sites is 1. The van der Waals surface area contributed by atoms with Crippen molar-refractivity contribution in [1.29, 1.82) is 0 Å². The molecule has 0 aliphatic carbocycles. The normalized spacial score (nSPS) is 8.62. The monoisotopic (exact) mass is 170 g/mol. The van der Waals surface area contributed by atoms with Gasteiger partial charge in [0.2, 0.25) is 0 Å². The summed E-state index contributed by atoms with van der Waals surface area (Å²) in [6.07, 6.45) is 0. The number of anilines is 1. The maximum atomic E-state index is 3.08. The lowest BCUT2D eigenvalue weighted by atomic mass is 10.3. The zero-order chi connectivity index (χ0) is 5.82. The largest absolute Gasteiger partial charge is 0.322 e. The van der Waals surface area contributed by atoms with Crippen LogP contribution in [0.25, 0.3) is 0 Å². The lowest BCUT2D eigenvalue weighted by Gasteiger charge is -1.91. The third-order valence-corrected chi connectivity index (χ3v) is 1.24. The first-order valence-corrected chi connectivity index (χ1v) is 3.06. The molecule has 41 valence electrons. The molecule has 8 heavy (non-hydrogen) atoms. The summed E-state index contributed by atoms with van der Waals surface area (Å²) in [4.78, 5) is 0. The third kappa shape index (κ3) is 1.23. The van der Waals surface area contributed by atoms with Gasteiger partial charge in [0.05, 0.1) is 5.69 Å². The summed E-state index contributed by atoms with van der Waals surface area (Å²) < 4.78 is 2.78. The second-order valence-corrected chi connectivity index (χ2v) is 1.77. The molecule has 1 N–H and O–H groups in total. The number of hydrogen-bond donors (Lipinski definition) is 1. The maximum Gasteiger partial charge on any atom is 0.0520 e. The molecule has 0 aliphatic heterocycles. The first-order valence-electron chi connectivity index (χ1n) is 2.27. The van der Waals surface area contributed by atoms with Crippen molar-refractivity contribution in [1.82, 2.24) is 0 Å². The van der Waals surface area contributed by atoms with Crippen LogP contribution in [0.1, 0.15) is 0 Å². The number of hydrogen-bond acceptors (Lipinski definition) is 1. The molecule has 1 radical (unpaired) electrons. The van der Waals surface area contributed by atoms with Crippen LogP contribution < -0.4 is 4.34 Å². The van der Waals surface area contributed by atoms with Gasteiger partial charge in [-0.2, -0.15) is 0 Å². The molecule has 0 amide bonds. The van der Waals surface area contributed by atoms with Crippen molar-refractivity contribution in [3.63, 3.8) is 0 Å². The van der Waals surface area contributed by atoms with Gasteiger partial charge in [0.15, 0.2) is 0 Å². The summed E-state index contributed by atoms with van der Waals surface area (Å²) in [5.74, 6) is 0. The van der Waals surface area contributed by atoms with Crippen LogP contribution in [0, 0.1) is 6.07 Å². The van der Waals surface area contributed by atoms with E-state index in [0.717, 1.165) is 5.69 Å². The number of benzene rings is 1. The molecular weight excluding hydrogens is 166 g/mol. The van der Waals surface area contributed by atoms with Gasteiger partial charge >= 0.3 is 0 Å². The second kappa shape index (κ2) is 2.72. The van der Waals surface area contributed by atoms with Crippen LogP contribution in [0.2, 0.25) is 0 Å². The van der Waals surface area contributed by atoms with Gasteiger partial charge in [0, 0.05) is 22.2 Å². The van der Waals surface area contributed by atoms with E-state index >= 15 is 0 Å². The highest BCUT2D eigenvalue weighted by molar-refractivity contribution is 9.10. The zero-order valence-electron chi connectivity index (χ0n) is 4.19. The van der Waals surface area contributed by atoms with E-state index in [0.29, 0.717) is 0 Å². The van der Waals surface area contributed by atoms with Gasteiger partial charge in [-0.3, -0.25) is 0 Å². The second-order valence-electron chi connectivity index (χ2n) is 1.37. The van der Waals surface area contributed by atoms with Gasteiger partial charge in [0.1, 0.15) is 0 Å². The van der Waals surface area contributed by atoms with E-state index in [2.05, 4.69) is 26.6 Å². The van der Waals surface area contributed by atoms with Crippen LogP contribution in [0.15, 0.2) is 24.3 Å². The van der Waals surface area contributed by atoms with Crippen LogP contribution >= 0.6 is 16.1 Å². The summed E-state index contributed by atoms with van der Waals surface area (Å²) in [5, 5.41) is 0. The number of rotatable bonds is 1. The van der Waals surface area contributed by atoms with E-state index in [9.17, 15) is 0 Å². The van der Waals surface area contributed by atoms with Crippen molar-refractivity contribution in [3.05, 3.63) is 30.3 Å². The van der Waals surface area contributed by atoms with Crippen LogP contribution in [-0.2, 0) is 0 Å². The first kappa shape index (κ1) is 5.63. The molecule has 0 fully saturated rings. The van der Waals surface area contributed by atoms with Crippen molar-refractivity contribution in [2.24, 2.45) is 0 Å². The molecule has 1 nitrogen and oxygen atoms in total. The summed E-state index contributed by atoms with van der Waals surface area (Å²) in [5.41, 5.74) is 0.951. The number of nitrogens with one attached hydrogen (secondary N) is 1. The highest BCUT2D eigenvalue weighted by Crippen LogP contribution is 2.04. The van der Waals surface area contributed by atoms with E-state index in [1.54, 1.807) is 0 Å². The lowest BCUT2D eigenvalue weighted by Crippen LogP contribution is -1.74. The minimum absolute atomic E-state index is 0.951.